The Balaban J connectivity index is 2.34. The molecule has 0 atom stereocenters. The Bertz CT molecular complexity index is 549. The number of carbonyl (C=O) groups is 1. The largest absolute Gasteiger partial charge is 0.338 e. The standard InChI is InChI=1S/C14H12Cl2N2O/c15-12-4-3-5-13(16)11(12)8-10(9-17)14(19)18-6-1-2-7-18/h3-5,8H,1-2,6-7H2. The first-order chi connectivity index (χ1) is 9.13. The van der Waals surface area contributed by atoms with E-state index in [-0.39, 0.29) is 11.5 Å². The zero-order valence-electron chi connectivity index (χ0n) is 10.2. The molecule has 3 nitrogen and oxygen atoms in total. The van der Waals surface area contributed by atoms with Crippen LogP contribution in [-0.4, -0.2) is 23.9 Å². The van der Waals surface area contributed by atoms with Crippen LogP contribution in [0, 0.1) is 11.3 Å². The maximum atomic E-state index is 12.2. The first kappa shape index (κ1) is 13.9. The highest BCUT2D eigenvalue weighted by molar-refractivity contribution is 6.37. The predicted octanol–water partition coefficient (Wildman–Crippen LogP) is 3.52. The fourth-order valence-corrected chi connectivity index (χ4v) is 2.53. The van der Waals surface area contributed by atoms with Gasteiger partial charge in [0, 0.05) is 28.7 Å². The lowest BCUT2D eigenvalue weighted by molar-refractivity contribution is -0.125. The van der Waals surface area contributed by atoms with Crippen molar-refractivity contribution < 1.29 is 4.79 Å². The summed E-state index contributed by atoms with van der Waals surface area (Å²) in [6.07, 6.45) is 3.43. The van der Waals surface area contributed by atoms with Crippen molar-refractivity contribution in [1.82, 2.24) is 4.90 Å². The summed E-state index contributed by atoms with van der Waals surface area (Å²) in [6, 6.07) is 7.00. The fraction of sp³-hybridized carbons (Fsp3) is 0.286. The van der Waals surface area contributed by atoms with Crippen LogP contribution in [0.1, 0.15) is 18.4 Å². The number of nitrogens with zero attached hydrogens (tertiary/aromatic N) is 2. The molecule has 1 aromatic rings. The van der Waals surface area contributed by atoms with Gasteiger partial charge in [-0.25, -0.2) is 0 Å². The van der Waals surface area contributed by atoms with Gasteiger partial charge in [0.25, 0.3) is 5.91 Å². The minimum Gasteiger partial charge on any atom is -0.338 e. The number of likely N-dealkylation sites (tertiary alicyclic amines) is 1. The van der Waals surface area contributed by atoms with Crippen LogP contribution in [0.3, 0.4) is 0 Å². The van der Waals surface area contributed by atoms with E-state index in [1.165, 1.54) is 6.08 Å². The predicted molar refractivity (Wildman–Crippen MR) is 75.9 cm³/mol. The maximum Gasteiger partial charge on any atom is 0.264 e. The summed E-state index contributed by atoms with van der Waals surface area (Å²) in [4.78, 5) is 13.8. The molecule has 0 unspecified atom stereocenters. The highest BCUT2D eigenvalue weighted by atomic mass is 35.5. The van der Waals surface area contributed by atoms with Gasteiger partial charge in [-0.05, 0) is 31.1 Å². The number of rotatable bonds is 2. The van der Waals surface area contributed by atoms with Crippen molar-refractivity contribution in [2.24, 2.45) is 0 Å². The van der Waals surface area contributed by atoms with E-state index in [9.17, 15) is 4.79 Å². The van der Waals surface area contributed by atoms with Gasteiger partial charge >= 0.3 is 0 Å². The Hall–Kier alpha value is -1.50. The van der Waals surface area contributed by atoms with Gasteiger partial charge in [-0.3, -0.25) is 4.79 Å². The third-order valence-corrected chi connectivity index (χ3v) is 3.69. The van der Waals surface area contributed by atoms with E-state index < -0.39 is 0 Å². The summed E-state index contributed by atoms with van der Waals surface area (Å²) < 4.78 is 0. The smallest absolute Gasteiger partial charge is 0.264 e. The van der Waals surface area contributed by atoms with Gasteiger partial charge in [0.2, 0.25) is 0 Å². The van der Waals surface area contributed by atoms with Crippen molar-refractivity contribution in [3.8, 4) is 6.07 Å². The van der Waals surface area contributed by atoms with Crippen LogP contribution in [-0.2, 0) is 4.79 Å². The van der Waals surface area contributed by atoms with Gasteiger partial charge in [0.05, 0.1) is 0 Å². The maximum absolute atomic E-state index is 12.2. The monoisotopic (exact) mass is 294 g/mol. The minimum atomic E-state index is -0.254. The molecular weight excluding hydrogens is 283 g/mol. The van der Waals surface area contributed by atoms with E-state index in [2.05, 4.69) is 0 Å². The zero-order valence-corrected chi connectivity index (χ0v) is 11.7. The molecule has 1 aliphatic rings. The molecular formula is C14H12Cl2N2O. The lowest BCUT2D eigenvalue weighted by Crippen LogP contribution is -2.28. The first-order valence-electron chi connectivity index (χ1n) is 5.98. The van der Waals surface area contributed by atoms with Crippen molar-refractivity contribution in [2.45, 2.75) is 12.8 Å². The molecule has 1 saturated heterocycles. The van der Waals surface area contributed by atoms with E-state index in [1.807, 2.05) is 6.07 Å². The van der Waals surface area contributed by atoms with Crippen LogP contribution in [0.15, 0.2) is 23.8 Å². The molecule has 98 valence electrons. The van der Waals surface area contributed by atoms with Gasteiger partial charge in [-0.1, -0.05) is 29.3 Å². The van der Waals surface area contributed by atoms with Crippen molar-refractivity contribution in [3.63, 3.8) is 0 Å². The van der Waals surface area contributed by atoms with Gasteiger partial charge in [0.1, 0.15) is 11.6 Å². The van der Waals surface area contributed by atoms with Gasteiger partial charge in [0.15, 0.2) is 0 Å². The van der Waals surface area contributed by atoms with Gasteiger partial charge in [-0.2, -0.15) is 5.26 Å². The summed E-state index contributed by atoms with van der Waals surface area (Å²) in [5.41, 5.74) is 0.576. The number of amides is 1. The SMILES string of the molecule is N#CC(=Cc1c(Cl)cccc1Cl)C(=O)N1CCCC1. The van der Waals surface area contributed by atoms with E-state index in [1.54, 1.807) is 23.1 Å². The van der Waals surface area contributed by atoms with Crippen LogP contribution in [0.25, 0.3) is 6.08 Å². The van der Waals surface area contributed by atoms with Gasteiger partial charge in [-0.15, -0.1) is 0 Å². The lowest BCUT2D eigenvalue weighted by Gasteiger charge is -2.14. The third kappa shape index (κ3) is 3.09. The molecule has 19 heavy (non-hydrogen) atoms. The summed E-state index contributed by atoms with van der Waals surface area (Å²) in [7, 11) is 0. The number of halogens is 2. The molecule has 1 aliphatic heterocycles. The Kier molecular flexibility index (Phi) is 4.47. The Morgan fingerprint density at radius 3 is 2.37 bits per heavy atom. The van der Waals surface area contributed by atoms with Crippen molar-refractivity contribution >= 4 is 35.2 Å². The Morgan fingerprint density at radius 1 is 1.26 bits per heavy atom. The first-order valence-corrected chi connectivity index (χ1v) is 6.74. The molecule has 0 spiro atoms. The van der Waals surface area contributed by atoms with Crippen LogP contribution >= 0.6 is 23.2 Å². The summed E-state index contributed by atoms with van der Waals surface area (Å²) in [6.45, 7) is 1.40. The van der Waals surface area contributed by atoms with Crippen molar-refractivity contribution in [3.05, 3.63) is 39.4 Å². The Labute approximate surface area is 122 Å². The summed E-state index contributed by atoms with van der Waals surface area (Å²) in [5, 5.41) is 10.00. The molecule has 0 aromatic heterocycles. The molecule has 0 aliphatic carbocycles. The normalized spacial score (nSPS) is 15.4. The molecule has 0 saturated carbocycles. The number of benzene rings is 1. The fourth-order valence-electron chi connectivity index (χ4n) is 2.03. The topological polar surface area (TPSA) is 44.1 Å². The second kappa shape index (κ2) is 6.10. The highest BCUT2D eigenvalue weighted by Crippen LogP contribution is 2.27. The lowest BCUT2D eigenvalue weighted by atomic mass is 10.1. The molecule has 5 heteroatoms. The number of hydrogen-bond donors (Lipinski definition) is 0. The summed E-state index contributed by atoms with van der Waals surface area (Å²) in [5.74, 6) is -0.254. The highest BCUT2D eigenvalue weighted by Gasteiger charge is 2.21. The van der Waals surface area contributed by atoms with E-state index in [4.69, 9.17) is 28.5 Å². The average Bonchev–Trinajstić information content (AvgIpc) is 2.92. The van der Waals surface area contributed by atoms with Crippen molar-refractivity contribution in [2.75, 3.05) is 13.1 Å². The average molecular weight is 295 g/mol. The molecule has 1 amide bonds. The molecule has 1 aromatic carbocycles. The van der Waals surface area contributed by atoms with E-state index >= 15 is 0 Å². The van der Waals surface area contributed by atoms with Crippen LogP contribution in [0.4, 0.5) is 0 Å². The number of carbonyl (C=O) groups excluding carboxylic acids is 1. The molecule has 2 rings (SSSR count). The third-order valence-electron chi connectivity index (χ3n) is 3.03. The molecule has 1 heterocycles. The minimum absolute atomic E-state index is 0.0666. The van der Waals surface area contributed by atoms with Crippen molar-refractivity contribution in [1.29, 1.82) is 5.26 Å². The number of hydrogen-bond acceptors (Lipinski definition) is 2. The molecule has 0 radical (unpaired) electrons. The second-order valence-electron chi connectivity index (χ2n) is 4.30. The number of nitriles is 1. The van der Waals surface area contributed by atoms with Crippen LogP contribution in [0.2, 0.25) is 10.0 Å². The molecule has 0 bridgehead atoms. The van der Waals surface area contributed by atoms with Crippen LogP contribution in [0.5, 0.6) is 0 Å². The Morgan fingerprint density at radius 2 is 1.84 bits per heavy atom. The van der Waals surface area contributed by atoms with E-state index in [0.29, 0.717) is 28.7 Å². The quantitative estimate of drug-likeness (QED) is 0.619. The van der Waals surface area contributed by atoms with Gasteiger partial charge < -0.3 is 4.90 Å². The zero-order chi connectivity index (χ0) is 13.8. The molecule has 1 fully saturated rings. The second-order valence-corrected chi connectivity index (χ2v) is 5.12. The molecule has 0 N–H and O–H groups in total. The van der Waals surface area contributed by atoms with Crippen LogP contribution < -0.4 is 0 Å². The van der Waals surface area contributed by atoms with E-state index in [0.717, 1.165) is 12.8 Å². The summed E-state index contributed by atoms with van der Waals surface area (Å²) >= 11 is 12.1.